The van der Waals surface area contributed by atoms with Crippen molar-refractivity contribution in [3.05, 3.63) is 41.7 Å². The first-order chi connectivity index (χ1) is 10.5. The van der Waals surface area contributed by atoms with Gasteiger partial charge in [0.15, 0.2) is 15.7 Å². The molecule has 0 radical (unpaired) electrons. The van der Waals surface area contributed by atoms with Gasteiger partial charge in [-0.15, -0.1) is 0 Å². The summed E-state index contributed by atoms with van der Waals surface area (Å²) in [6.45, 7) is 0. The fraction of sp³-hybridized carbons (Fsp3) is 0.333. The van der Waals surface area contributed by atoms with Gasteiger partial charge < -0.3 is 5.32 Å². The number of nitrogens with one attached hydrogen (secondary N) is 2. The molecular weight excluding hydrogens is 300 g/mol. The highest BCUT2D eigenvalue weighted by molar-refractivity contribution is 7.90. The van der Waals surface area contributed by atoms with Gasteiger partial charge in [0.1, 0.15) is 5.82 Å². The van der Waals surface area contributed by atoms with Gasteiger partial charge in [-0.05, 0) is 31.1 Å². The van der Waals surface area contributed by atoms with E-state index in [9.17, 15) is 8.42 Å². The summed E-state index contributed by atoms with van der Waals surface area (Å²) in [7, 11) is -3.00. The van der Waals surface area contributed by atoms with E-state index >= 15 is 0 Å². The summed E-state index contributed by atoms with van der Waals surface area (Å²) < 4.78 is 22.2. The Morgan fingerprint density at radius 2 is 2.23 bits per heavy atom. The molecule has 6 nitrogen and oxygen atoms in total. The first-order valence-corrected chi connectivity index (χ1v) is 9.19. The zero-order chi connectivity index (χ0) is 15.6. The number of aromatic nitrogens is 3. The molecule has 0 aromatic carbocycles. The number of anilines is 2. The van der Waals surface area contributed by atoms with Crippen LogP contribution >= 0.6 is 0 Å². The molecule has 1 fully saturated rings. The Balaban J connectivity index is 0.00000144. The molecule has 2 aromatic heterocycles. The predicted molar refractivity (Wildman–Crippen MR) is 91.1 cm³/mol. The van der Waals surface area contributed by atoms with Crippen molar-refractivity contribution in [2.24, 2.45) is 0 Å². The van der Waals surface area contributed by atoms with Crippen molar-refractivity contribution in [3.8, 4) is 0 Å². The summed E-state index contributed by atoms with van der Waals surface area (Å²) in [6, 6.07) is 7.54. The summed E-state index contributed by atoms with van der Waals surface area (Å²) in [5.74, 6) is 2.06. The number of hydrogen-bond donors (Lipinski definition) is 2. The molecule has 0 unspecified atom stereocenters. The largest absolute Gasteiger partial charge is 0.323 e. The topological polar surface area (TPSA) is 87.7 Å². The molecule has 2 aromatic rings. The van der Waals surface area contributed by atoms with Crippen LogP contribution in [0.2, 0.25) is 0 Å². The molecule has 0 aliphatic heterocycles. The lowest BCUT2D eigenvalue weighted by Crippen LogP contribution is -1.99. The minimum atomic E-state index is -3.00. The molecule has 3 rings (SSSR count). The first-order valence-electron chi connectivity index (χ1n) is 7.13. The van der Waals surface area contributed by atoms with E-state index in [1.165, 1.54) is 19.1 Å². The van der Waals surface area contributed by atoms with E-state index in [1.54, 1.807) is 12.2 Å². The molecule has 22 heavy (non-hydrogen) atoms. The molecule has 0 saturated heterocycles. The number of pyridine rings is 1. The van der Waals surface area contributed by atoms with Gasteiger partial charge in [0.25, 0.3) is 0 Å². The average Bonchev–Trinajstić information content (AvgIpc) is 3.19. The molecule has 2 N–H and O–H groups in total. The van der Waals surface area contributed by atoms with Crippen LogP contribution in [0.25, 0.3) is 6.08 Å². The Bertz CT molecular complexity index is 801. The van der Waals surface area contributed by atoms with E-state index in [0.717, 1.165) is 11.5 Å². The number of hydrogen-bond acceptors (Lipinski definition) is 5. The second-order valence-electron chi connectivity index (χ2n) is 5.55. The van der Waals surface area contributed by atoms with E-state index in [4.69, 9.17) is 0 Å². The Morgan fingerprint density at radius 1 is 1.41 bits per heavy atom. The van der Waals surface area contributed by atoms with Gasteiger partial charge in [0, 0.05) is 26.8 Å². The number of nitrogens with zero attached hydrogens (tertiary/aromatic N) is 2. The Hall–Kier alpha value is -2.15. The summed E-state index contributed by atoms with van der Waals surface area (Å²) in [4.78, 5) is 4.41. The van der Waals surface area contributed by atoms with Crippen LogP contribution in [-0.4, -0.2) is 35.6 Å². The molecule has 0 bridgehead atoms. The number of aromatic amines is 1. The number of H-pyrrole nitrogens is 1. The van der Waals surface area contributed by atoms with Crippen molar-refractivity contribution >= 4 is 27.5 Å². The molecule has 1 aliphatic carbocycles. The fourth-order valence-corrected chi connectivity index (χ4v) is 2.54. The monoisotopic (exact) mass is 322 g/mol. The second kappa shape index (κ2) is 5.92. The number of sulfone groups is 1. The maximum Gasteiger partial charge on any atom is 0.153 e. The van der Waals surface area contributed by atoms with Crippen LogP contribution in [0.3, 0.4) is 0 Å². The third kappa shape index (κ3) is 4.17. The normalized spacial score (nSPS) is 15.3. The van der Waals surface area contributed by atoms with Gasteiger partial charge in [0.2, 0.25) is 0 Å². The van der Waals surface area contributed by atoms with Gasteiger partial charge in [-0.1, -0.05) is 12.1 Å². The van der Waals surface area contributed by atoms with E-state index in [0.29, 0.717) is 17.4 Å². The first kappa shape index (κ1) is 14.8. The quantitative estimate of drug-likeness (QED) is 0.853. The molecule has 2 heterocycles. The van der Waals surface area contributed by atoms with Crippen LogP contribution in [0.1, 0.15) is 33.0 Å². The minimum absolute atomic E-state index is 0. The summed E-state index contributed by atoms with van der Waals surface area (Å²) >= 11 is 0. The van der Waals surface area contributed by atoms with Crippen molar-refractivity contribution in [2.45, 2.75) is 18.8 Å². The van der Waals surface area contributed by atoms with Gasteiger partial charge in [-0.25, -0.2) is 13.4 Å². The van der Waals surface area contributed by atoms with Crippen LogP contribution < -0.4 is 5.32 Å². The molecule has 0 amide bonds. The van der Waals surface area contributed by atoms with Gasteiger partial charge in [-0.3, -0.25) is 5.10 Å². The molecule has 120 valence electrons. The van der Waals surface area contributed by atoms with Crippen LogP contribution in [-0.2, 0) is 9.84 Å². The molecule has 0 spiro atoms. The van der Waals surface area contributed by atoms with Gasteiger partial charge in [0.05, 0.1) is 11.4 Å². The SMILES string of the molecule is CS(=O)(=O)C/C=C/c1cccc(Nc2cc(C3CC3)[nH]n2)n1.[HH].[HH]. The summed E-state index contributed by atoms with van der Waals surface area (Å²) in [5, 5.41) is 10.4. The number of rotatable bonds is 6. The summed E-state index contributed by atoms with van der Waals surface area (Å²) in [6.07, 6.45) is 6.95. The Kier molecular flexibility index (Phi) is 3.98. The lowest BCUT2D eigenvalue weighted by molar-refractivity contribution is 0.604. The fourth-order valence-electron chi connectivity index (χ4n) is 2.09. The highest BCUT2D eigenvalue weighted by Crippen LogP contribution is 2.39. The molecule has 0 atom stereocenters. The highest BCUT2D eigenvalue weighted by atomic mass is 32.2. The molecule has 7 heteroatoms. The average molecular weight is 322 g/mol. The third-order valence-electron chi connectivity index (χ3n) is 3.33. The lowest BCUT2D eigenvalue weighted by Gasteiger charge is -2.02. The van der Waals surface area contributed by atoms with Crippen LogP contribution in [0.4, 0.5) is 11.6 Å². The van der Waals surface area contributed by atoms with E-state index in [1.807, 2.05) is 24.3 Å². The third-order valence-corrected chi connectivity index (χ3v) is 4.13. The maximum atomic E-state index is 11.1. The molecule has 1 aliphatic rings. The van der Waals surface area contributed by atoms with Crippen molar-refractivity contribution in [1.29, 1.82) is 0 Å². The lowest BCUT2D eigenvalue weighted by atomic mass is 10.3. The summed E-state index contributed by atoms with van der Waals surface area (Å²) in [5.41, 5.74) is 1.86. The minimum Gasteiger partial charge on any atom is -0.323 e. The maximum absolute atomic E-state index is 11.1. The van der Waals surface area contributed by atoms with Crippen molar-refractivity contribution in [1.82, 2.24) is 15.2 Å². The van der Waals surface area contributed by atoms with E-state index in [-0.39, 0.29) is 8.61 Å². The standard InChI is InChI=1S/C15H18N4O2S.2H2/c1-22(20,21)9-3-5-12-4-2-6-14(16-12)17-15-10-13(18-19-15)11-7-8-11;;/h2-6,10-11H,7-9H2,1H3,(H2,16,17,18,19);2*1H/b5-3+;;. The predicted octanol–water partition coefficient (Wildman–Crippen LogP) is 2.98. The van der Waals surface area contributed by atoms with Crippen molar-refractivity contribution in [3.63, 3.8) is 0 Å². The van der Waals surface area contributed by atoms with Gasteiger partial charge in [-0.2, -0.15) is 5.10 Å². The zero-order valence-corrected chi connectivity index (χ0v) is 13.1. The van der Waals surface area contributed by atoms with E-state index < -0.39 is 9.84 Å². The molecular formula is C15H22N4O2S. The molecule has 1 saturated carbocycles. The van der Waals surface area contributed by atoms with E-state index in [2.05, 4.69) is 20.5 Å². The van der Waals surface area contributed by atoms with Gasteiger partial charge >= 0.3 is 0 Å². The second-order valence-corrected chi connectivity index (χ2v) is 7.74. The van der Waals surface area contributed by atoms with Crippen molar-refractivity contribution < 1.29 is 11.3 Å². The van der Waals surface area contributed by atoms with Crippen molar-refractivity contribution in [2.75, 3.05) is 17.3 Å². The van der Waals surface area contributed by atoms with Crippen LogP contribution in [0, 0.1) is 0 Å². The smallest absolute Gasteiger partial charge is 0.153 e. The highest BCUT2D eigenvalue weighted by Gasteiger charge is 2.25. The Morgan fingerprint density at radius 3 is 2.95 bits per heavy atom. The van der Waals surface area contributed by atoms with Crippen LogP contribution in [0.5, 0.6) is 0 Å². The Labute approximate surface area is 132 Å². The van der Waals surface area contributed by atoms with Crippen LogP contribution in [0.15, 0.2) is 30.3 Å². The zero-order valence-electron chi connectivity index (χ0n) is 12.3.